The molecule has 0 aliphatic carbocycles. The van der Waals surface area contributed by atoms with Crippen molar-refractivity contribution in [2.75, 3.05) is 0 Å². The molecule has 0 atom stereocenters. The minimum Gasteiger partial charge on any atom is -0.456 e. The number of rotatable bonds is 5. The third kappa shape index (κ3) is 4.74. The Bertz CT molecular complexity index is 2890. The molecule has 4 heteroatoms. The topological polar surface area (TPSA) is 51.8 Å². The third-order valence-electron chi connectivity index (χ3n) is 8.81. The Morgan fingerprint density at radius 1 is 0.438 bits per heavy atom. The number of benzene rings is 7. The van der Waals surface area contributed by atoms with Gasteiger partial charge in [0.25, 0.3) is 0 Å². The lowest BCUT2D eigenvalue weighted by Crippen LogP contribution is -2.01. The van der Waals surface area contributed by atoms with Gasteiger partial charge in [0.1, 0.15) is 11.2 Å². The van der Waals surface area contributed by atoms with Crippen LogP contribution in [0.15, 0.2) is 162 Å². The molecular formula is C44H29N3O. The maximum absolute atomic E-state index is 8.69. The molecule has 9 rings (SSSR count). The van der Waals surface area contributed by atoms with Crippen LogP contribution in [0.3, 0.4) is 0 Å². The number of furan rings is 1. The second-order valence-electron chi connectivity index (χ2n) is 11.7. The van der Waals surface area contributed by atoms with Crippen molar-refractivity contribution in [2.45, 2.75) is 6.92 Å². The van der Waals surface area contributed by atoms with Crippen LogP contribution in [0.2, 0.25) is 0 Å². The lowest BCUT2D eigenvalue weighted by atomic mass is 9.94. The van der Waals surface area contributed by atoms with Gasteiger partial charge in [0.2, 0.25) is 0 Å². The fraction of sp³-hybridized carbons (Fsp3) is 0.0227. The second-order valence-corrected chi connectivity index (χ2v) is 11.7. The summed E-state index contributed by atoms with van der Waals surface area (Å²) >= 11 is 0. The predicted molar refractivity (Wildman–Crippen MR) is 197 cm³/mol. The van der Waals surface area contributed by atoms with E-state index in [1.807, 2.05) is 97.1 Å². The van der Waals surface area contributed by atoms with E-state index in [2.05, 4.69) is 31.2 Å². The molecule has 0 aliphatic heterocycles. The summed E-state index contributed by atoms with van der Waals surface area (Å²) in [6, 6.07) is 39.8. The van der Waals surface area contributed by atoms with Crippen molar-refractivity contribution in [2.24, 2.45) is 0 Å². The van der Waals surface area contributed by atoms with E-state index in [-0.39, 0.29) is 29.7 Å². The van der Waals surface area contributed by atoms with Crippen LogP contribution in [-0.2, 0) is 0 Å². The van der Waals surface area contributed by atoms with E-state index in [0.717, 1.165) is 49.6 Å². The highest BCUT2D eigenvalue weighted by molar-refractivity contribution is 6.12. The van der Waals surface area contributed by atoms with E-state index in [9.17, 15) is 0 Å². The quantitative estimate of drug-likeness (QED) is 0.192. The van der Waals surface area contributed by atoms with E-state index in [0.29, 0.717) is 34.0 Å². The molecule has 0 unspecified atom stereocenters. The fourth-order valence-corrected chi connectivity index (χ4v) is 6.50. The molecule has 2 heterocycles. The monoisotopic (exact) mass is 620 g/mol. The summed E-state index contributed by atoms with van der Waals surface area (Å²) in [5.74, 6) is 1.40. The molecule has 0 bridgehead atoms. The smallest absolute Gasteiger partial charge is 0.164 e. The van der Waals surface area contributed by atoms with Crippen LogP contribution in [0, 0.1) is 6.92 Å². The van der Waals surface area contributed by atoms with Crippen LogP contribution in [-0.4, -0.2) is 15.0 Å². The Morgan fingerprint density at radius 2 is 1.02 bits per heavy atom. The molecule has 0 spiro atoms. The number of nitrogens with zero attached hydrogens (tertiary/aromatic N) is 3. The number of aryl methyl sites for hydroxylation is 1. The minimum absolute atomic E-state index is 0.142. The van der Waals surface area contributed by atoms with E-state index >= 15 is 0 Å². The average Bonchev–Trinajstić information content (AvgIpc) is 3.58. The van der Waals surface area contributed by atoms with Gasteiger partial charge in [-0.25, -0.2) is 15.0 Å². The Kier molecular flexibility index (Phi) is 5.49. The van der Waals surface area contributed by atoms with Crippen LogP contribution < -0.4 is 0 Å². The van der Waals surface area contributed by atoms with Gasteiger partial charge < -0.3 is 4.42 Å². The molecule has 2 aromatic heterocycles. The number of hydrogen-bond acceptors (Lipinski definition) is 4. The zero-order valence-corrected chi connectivity index (χ0v) is 25.9. The first kappa shape index (κ1) is 23.0. The molecule has 9 aromatic rings. The molecule has 0 aliphatic rings. The molecule has 226 valence electrons. The van der Waals surface area contributed by atoms with Crippen molar-refractivity contribution in [1.29, 1.82) is 0 Å². The molecule has 0 saturated heterocycles. The van der Waals surface area contributed by atoms with Crippen molar-refractivity contribution in [3.63, 3.8) is 0 Å². The van der Waals surface area contributed by atoms with Crippen molar-refractivity contribution in [3.8, 4) is 56.4 Å². The lowest BCUT2D eigenvalue weighted by molar-refractivity contribution is 0.669. The molecule has 0 N–H and O–H groups in total. The van der Waals surface area contributed by atoms with E-state index in [4.69, 9.17) is 26.2 Å². The number of para-hydroxylation sites is 1. The van der Waals surface area contributed by atoms with Gasteiger partial charge >= 0.3 is 0 Å². The van der Waals surface area contributed by atoms with Crippen LogP contribution in [0.1, 0.15) is 12.4 Å². The van der Waals surface area contributed by atoms with Crippen molar-refractivity contribution in [3.05, 3.63) is 163 Å². The van der Waals surface area contributed by atoms with Crippen LogP contribution in [0.25, 0.3) is 89.1 Å². The second kappa shape index (κ2) is 11.4. The first-order valence-corrected chi connectivity index (χ1v) is 15.7. The maximum Gasteiger partial charge on any atom is 0.164 e. The van der Waals surface area contributed by atoms with Crippen LogP contribution >= 0.6 is 0 Å². The lowest BCUT2D eigenvalue weighted by Gasteiger charge is -2.13. The van der Waals surface area contributed by atoms with E-state index in [1.165, 1.54) is 5.56 Å². The molecule has 0 amide bonds. The Hall–Kier alpha value is -6.39. The van der Waals surface area contributed by atoms with Gasteiger partial charge in [-0.15, -0.1) is 0 Å². The van der Waals surface area contributed by atoms with Gasteiger partial charge in [0.05, 0.1) is 6.85 Å². The van der Waals surface area contributed by atoms with Gasteiger partial charge in [-0.05, 0) is 63.7 Å². The SMILES string of the molecule is [2H]c1c([2H])c([2H])c(-c2ccc(-c3nc(-c4ccc(-c5ccccc5C)cc4)nc(-c4cccc5oc6ccccc6c45)n3)c3ccccc23)c([2H])c1[2H]. The summed E-state index contributed by atoms with van der Waals surface area (Å²) in [5.41, 5.74) is 7.91. The highest BCUT2D eigenvalue weighted by Gasteiger charge is 2.19. The van der Waals surface area contributed by atoms with Gasteiger partial charge in [-0.2, -0.15) is 0 Å². The molecule has 48 heavy (non-hydrogen) atoms. The van der Waals surface area contributed by atoms with Crippen molar-refractivity contribution >= 4 is 32.7 Å². The third-order valence-corrected chi connectivity index (χ3v) is 8.81. The van der Waals surface area contributed by atoms with E-state index in [1.54, 1.807) is 6.07 Å². The van der Waals surface area contributed by atoms with Gasteiger partial charge in [0, 0.05) is 27.5 Å². The molecule has 0 saturated carbocycles. The van der Waals surface area contributed by atoms with E-state index < -0.39 is 6.04 Å². The predicted octanol–water partition coefficient (Wildman–Crippen LogP) is 11.6. The van der Waals surface area contributed by atoms with Crippen LogP contribution in [0.5, 0.6) is 0 Å². The fourth-order valence-electron chi connectivity index (χ4n) is 6.50. The summed E-state index contributed by atoms with van der Waals surface area (Å²) in [5, 5.41) is 3.33. The first-order valence-electron chi connectivity index (χ1n) is 18.2. The molecule has 4 nitrogen and oxygen atoms in total. The van der Waals surface area contributed by atoms with Crippen LogP contribution in [0.4, 0.5) is 0 Å². The standard InChI is InChI=1S/C44H29N3O/c1-28-12-5-6-15-32(28)30-22-24-31(25-23-30)42-45-43(36-27-26-33(29-13-3-2-4-14-29)34-16-7-8-17-35(34)36)47-44(46-42)38-19-11-21-40-41(38)37-18-9-10-20-39(37)48-40/h2-27H,1H3/i2D,3D,4D,13D,14D. The normalized spacial score (nSPS) is 12.9. The Morgan fingerprint density at radius 3 is 1.81 bits per heavy atom. The minimum atomic E-state index is -0.428. The van der Waals surface area contributed by atoms with Gasteiger partial charge in [0.15, 0.2) is 17.5 Å². The number of hydrogen-bond donors (Lipinski definition) is 0. The molecule has 0 radical (unpaired) electrons. The number of aromatic nitrogens is 3. The van der Waals surface area contributed by atoms with Gasteiger partial charge in [-0.1, -0.05) is 139 Å². The maximum atomic E-state index is 8.69. The summed E-state index contributed by atoms with van der Waals surface area (Å²) < 4.78 is 48.3. The summed E-state index contributed by atoms with van der Waals surface area (Å²) in [6.07, 6.45) is 0. The summed E-state index contributed by atoms with van der Waals surface area (Å²) in [6.45, 7) is 2.10. The van der Waals surface area contributed by atoms with Crippen molar-refractivity contribution < 1.29 is 11.3 Å². The highest BCUT2D eigenvalue weighted by Crippen LogP contribution is 2.39. The van der Waals surface area contributed by atoms with Gasteiger partial charge in [-0.3, -0.25) is 0 Å². The summed E-state index contributed by atoms with van der Waals surface area (Å²) in [4.78, 5) is 15.3. The number of fused-ring (bicyclic) bond motifs is 4. The zero-order valence-electron chi connectivity index (χ0n) is 30.9. The summed E-state index contributed by atoms with van der Waals surface area (Å²) in [7, 11) is 0. The average molecular weight is 621 g/mol. The van der Waals surface area contributed by atoms with Crippen molar-refractivity contribution in [1.82, 2.24) is 15.0 Å². The molecular weight excluding hydrogens is 587 g/mol. The molecule has 7 aromatic carbocycles. The largest absolute Gasteiger partial charge is 0.456 e. The first-order chi connectivity index (χ1) is 25.8. The Labute approximate surface area is 285 Å². The highest BCUT2D eigenvalue weighted by atomic mass is 16.3. The Balaban J connectivity index is 1.28. The molecule has 0 fully saturated rings. The zero-order chi connectivity index (χ0) is 36.4.